The zero-order chi connectivity index (χ0) is 19.7. The first kappa shape index (κ1) is 19.0. The van der Waals surface area contributed by atoms with Crippen LogP contribution in [0.4, 0.5) is 0 Å². The minimum Gasteiger partial charge on any atom is -0.497 e. The third kappa shape index (κ3) is 3.93. The van der Waals surface area contributed by atoms with E-state index in [1.165, 1.54) is 17.3 Å². The van der Waals surface area contributed by atoms with E-state index in [1.54, 1.807) is 12.0 Å². The lowest BCUT2D eigenvalue weighted by Gasteiger charge is -2.14. The highest BCUT2D eigenvalue weighted by molar-refractivity contribution is 8.26. The number of carbonyl (C=O) groups excluding carboxylic acids is 1. The highest BCUT2D eigenvalue weighted by Gasteiger charge is 2.31. The molecule has 0 saturated carbocycles. The summed E-state index contributed by atoms with van der Waals surface area (Å²) in [6, 6.07) is 14.0. The predicted octanol–water partition coefficient (Wildman–Crippen LogP) is 4.46. The molecule has 0 N–H and O–H groups in total. The van der Waals surface area contributed by atoms with E-state index in [2.05, 4.69) is 13.0 Å². The Bertz CT molecular complexity index is 953. The Morgan fingerprint density at radius 1 is 1.29 bits per heavy atom. The first-order valence-corrected chi connectivity index (χ1v) is 10.4. The molecule has 2 aromatic carbocycles. The van der Waals surface area contributed by atoms with Crippen molar-refractivity contribution in [3.63, 3.8) is 0 Å². The molecule has 1 atom stereocenters. The molecule has 0 bridgehead atoms. The van der Waals surface area contributed by atoms with Gasteiger partial charge in [0.1, 0.15) is 21.9 Å². The fourth-order valence-corrected chi connectivity index (χ4v) is 4.72. The Balaban J connectivity index is 1.44. The molecule has 1 saturated heterocycles. The van der Waals surface area contributed by atoms with Gasteiger partial charge in [-0.05, 0) is 60.4 Å². The highest BCUT2D eigenvalue weighted by atomic mass is 32.2. The maximum absolute atomic E-state index is 12.8. The number of thioether (sulfide) groups is 1. The maximum atomic E-state index is 12.8. The van der Waals surface area contributed by atoms with Crippen LogP contribution in [0.5, 0.6) is 11.5 Å². The first-order valence-electron chi connectivity index (χ1n) is 9.21. The van der Waals surface area contributed by atoms with E-state index in [9.17, 15) is 4.79 Å². The molecule has 1 unspecified atom stereocenters. The quantitative estimate of drug-likeness (QED) is 0.536. The largest absolute Gasteiger partial charge is 0.497 e. The van der Waals surface area contributed by atoms with Crippen molar-refractivity contribution >= 4 is 40.3 Å². The number of thiocarbonyl (C=S) groups is 1. The summed E-state index contributed by atoms with van der Waals surface area (Å²) in [6.45, 7) is 2.64. The zero-order valence-electron chi connectivity index (χ0n) is 15.8. The van der Waals surface area contributed by atoms with Crippen molar-refractivity contribution in [2.45, 2.75) is 25.9 Å². The number of rotatable bonds is 5. The van der Waals surface area contributed by atoms with Crippen molar-refractivity contribution in [2.75, 3.05) is 13.7 Å². The lowest BCUT2D eigenvalue weighted by Crippen LogP contribution is -2.30. The Labute approximate surface area is 174 Å². The van der Waals surface area contributed by atoms with E-state index < -0.39 is 0 Å². The minimum atomic E-state index is -0.0198. The van der Waals surface area contributed by atoms with Gasteiger partial charge in [-0.2, -0.15) is 0 Å². The fourth-order valence-electron chi connectivity index (χ4n) is 3.41. The molecule has 4 rings (SSSR count). The summed E-state index contributed by atoms with van der Waals surface area (Å²) in [4.78, 5) is 15.2. The van der Waals surface area contributed by atoms with Gasteiger partial charge in [-0.1, -0.05) is 42.2 Å². The molecule has 1 amide bonds. The van der Waals surface area contributed by atoms with Crippen molar-refractivity contribution in [2.24, 2.45) is 0 Å². The van der Waals surface area contributed by atoms with Crippen LogP contribution in [0.15, 0.2) is 47.4 Å². The third-order valence-electron chi connectivity index (χ3n) is 4.87. The lowest BCUT2D eigenvalue weighted by molar-refractivity contribution is -0.122. The molecule has 4 nitrogen and oxygen atoms in total. The number of ether oxygens (including phenoxy) is 2. The van der Waals surface area contributed by atoms with Gasteiger partial charge < -0.3 is 9.47 Å². The van der Waals surface area contributed by atoms with Gasteiger partial charge in [-0.3, -0.25) is 9.69 Å². The summed E-state index contributed by atoms with van der Waals surface area (Å²) in [7, 11) is 1.65. The zero-order valence-corrected chi connectivity index (χ0v) is 17.4. The molecule has 0 spiro atoms. The van der Waals surface area contributed by atoms with E-state index in [4.69, 9.17) is 21.7 Å². The molecule has 2 aliphatic rings. The van der Waals surface area contributed by atoms with Gasteiger partial charge in [0.25, 0.3) is 5.91 Å². The van der Waals surface area contributed by atoms with Gasteiger partial charge in [-0.25, -0.2) is 0 Å². The van der Waals surface area contributed by atoms with Gasteiger partial charge in [0, 0.05) is 13.0 Å². The lowest BCUT2D eigenvalue weighted by atomic mass is 10.1. The fraction of sp³-hybridized carbons (Fsp3) is 0.273. The van der Waals surface area contributed by atoms with E-state index in [0.717, 1.165) is 35.5 Å². The molecule has 28 heavy (non-hydrogen) atoms. The van der Waals surface area contributed by atoms with Gasteiger partial charge >= 0.3 is 0 Å². The molecule has 1 fully saturated rings. The number of carbonyl (C=O) groups is 1. The summed E-state index contributed by atoms with van der Waals surface area (Å²) in [5, 5.41) is 0. The van der Waals surface area contributed by atoms with Gasteiger partial charge in [-0.15, -0.1) is 0 Å². The van der Waals surface area contributed by atoms with Crippen LogP contribution in [-0.4, -0.2) is 34.9 Å². The summed E-state index contributed by atoms with van der Waals surface area (Å²) in [5.41, 5.74) is 3.34. The molecular weight excluding hydrogens is 390 g/mol. The van der Waals surface area contributed by atoms with Gasteiger partial charge in [0.2, 0.25) is 0 Å². The van der Waals surface area contributed by atoms with Gasteiger partial charge in [0.05, 0.1) is 12.0 Å². The number of fused-ring (bicyclic) bond motifs is 1. The van der Waals surface area contributed by atoms with Crippen molar-refractivity contribution in [3.8, 4) is 11.5 Å². The van der Waals surface area contributed by atoms with Crippen LogP contribution < -0.4 is 9.47 Å². The minimum absolute atomic E-state index is 0.0198. The van der Waals surface area contributed by atoms with Crippen molar-refractivity contribution in [1.29, 1.82) is 0 Å². The molecule has 0 radical (unpaired) electrons. The average Bonchev–Trinajstić information content (AvgIpc) is 3.19. The molecule has 0 aliphatic carbocycles. The topological polar surface area (TPSA) is 38.8 Å². The van der Waals surface area contributed by atoms with E-state index in [-0.39, 0.29) is 12.0 Å². The monoisotopic (exact) mass is 411 g/mol. The smallest absolute Gasteiger partial charge is 0.266 e. The van der Waals surface area contributed by atoms with Crippen molar-refractivity contribution < 1.29 is 14.3 Å². The highest BCUT2D eigenvalue weighted by Crippen LogP contribution is 2.35. The Morgan fingerprint density at radius 3 is 2.82 bits per heavy atom. The molecule has 144 valence electrons. The first-order chi connectivity index (χ1) is 13.5. The SMILES string of the molecule is COc1ccc(CCN2C(=O)C(=Cc3ccc4c(c3)CC(C)O4)SC2=S)cc1. The van der Waals surface area contributed by atoms with E-state index in [0.29, 0.717) is 15.8 Å². The standard InChI is InChI=1S/C22H21NO3S2/c1-14-11-17-12-16(5-8-19(17)26-14)13-20-21(24)23(22(27)28-20)10-9-15-3-6-18(25-2)7-4-15/h3-8,12-14H,9-11H2,1-2H3. The van der Waals surface area contributed by atoms with Crippen LogP contribution >= 0.6 is 24.0 Å². The molecule has 2 heterocycles. The second-order valence-electron chi connectivity index (χ2n) is 6.93. The number of nitrogens with zero attached hydrogens (tertiary/aromatic N) is 1. The average molecular weight is 412 g/mol. The summed E-state index contributed by atoms with van der Waals surface area (Å²) < 4.78 is 11.5. The number of benzene rings is 2. The normalized spacial score (nSPS) is 19.9. The van der Waals surface area contributed by atoms with Crippen LogP contribution in [0.1, 0.15) is 23.6 Å². The van der Waals surface area contributed by atoms with Crippen LogP contribution in [0.25, 0.3) is 6.08 Å². The van der Waals surface area contributed by atoms with Crippen LogP contribution in [0.3, 0.4) is 0 Å². The van der Waals surface area contributed by atoms with E-state index >= 15 is 0 Å². The Hall–Kier alpha value is -2.31. The Morgan fingerprint density at radius 2 is 2.07 bits per heavy atom. The van der Waals surface area contributed by atoms with Crippen molar-refractivity contribution in [3.05, 3.63) is 64.1 Å². The molecular formula is C22H21NO3S2. The third-order valence-corrected chi connectivity index (χ3v) is 6.25. The molecule has 2 aliphatic heterocycles. The van der Waals surface area contributed by atoms with Gasteiger partial charge in [0.15, 0.2) is 0 Å². The summed E-state index contributed by atoms with van der Waals surface area (Å²) in [5.74, 6) is 1.75. The summed E-state index contributed by atoms with van der Waals surface area (Å²) >= 11 is 6.82. The second kappa shape index (κ2) is 7.97. The van der Waals surface area contributed by atoms with E-state index in [1.807, 2.05) is 42.5 Å². The molecule has 6 heteroatoms. The molecule has 2 aromatic rings. The van der Waals surface area contributed by atoms with Crippen LogP contribution in [-0.2, 0) is 17.6 Å². The number of amides is 1. The predicted molar refractivity (Wildman–Crippen MR) is 117 cm³/mol. The van der Waals surface area contributed by atoms with Crippen LogP contribution in [0.2, 0.25) is 0 Å². The second-order valence-corrected chi connectivity index (χ2v) is 8.61. The number of hydrogen-bond donors (Lipinski definition) is 0. The molecule has 0 aromatic heterocycles. The Kier molecular flexibility index (Phi) is 5.42. The number of hydrogen-bond acceptors (Lipinski definition) is 5. The summed E-state index contributed by atoms with van der Waals surface area (Å²) in [6.07, 6.45) is 3.79. The van der Waals surface area contributed by atoms with Crippen molar-refractivity contribution in [1.82, 2.24) is 4.90 Å². The number of methoxy groups -OCH3 is 1. The maximum Gasteiger partial charge on any atom is 0.266 e. The van der Waals surface area contributed by atoms with Crippen LogP contribution in [0, 0.1) is 0 Å².